The maximum Gasteiger partial charge on any atom is 0.213 e. The quantitative estimate of drug-likeness (QED) is 0.570. The fraction of sp³-hybridized carbons (Fsp3) is 0.400. The molecule has 2 rings (SSSR count). The molecule has 0 aliphatic carbocycles. The molecule has 2 aromatic rings. The molecular formula is C20H28N4O. The lowest BCUT2D eigenvalue weighted by Crippen LogP contribution is -2.41. The van der Waals surface area contributed by atoms with Crippen LogP contribution in [0.4, 0.5) is 0 Å². The van der Waals surface area contributed by atoms with Gasteiger partial charge in [-0.2, -0.15) is 0 Å². The van der Waals surface area contributed by atoms with E-state index in [1.54, 1.807) is 6.20 Å². The molecule has 1 aromatic carbocycles. The Balaban J connectivity index is 1.96. The summed E-state index contributed by atoms with van der Waals surface area (Å²) in [4.78, 5) is 8.92. The second-order valence-electron chi connectivity index (χ2n) is 5.93. The topological polar surface area (TPSA) is 58.5 Å². The van der Waals surface area contributed by atoms with E-state index >= 15 is 0 Å². The van der Waals surface area contributed by atoms with Crippen LogP contribution in [0.3, 0.4) is 0 Å². The maximum absolute atomic E-state index is 5.78. The Kier molecular flexibility index (Phi) is 7.76. The van der Waals surface area contributed by atoms with Crippen LogP contribution in [0.25, 0.3) is 0 Å². The van der Waals surface area contributed by atoms with Gasteiger partial charge in [0.2, 0.25) is 5.88 Å². The molecule has 0 spiro atoms. The molecule has 25 heavy (non-hydrogen) atoms. The summed E-state index contributed by atoms with van der Waals surface area (Å²) in [5.74, 6) is 1.46. The van der Waals surface area contributed by atoms with Crippen LogP contribution < -0.4 is 15.4 Å². The average Bonchev–Trinajstić information content (AvgIpc) is 2.65. The smallest absolute Gasteiger partial charge is 0.213 e. The van der Waals surface area contributed by atoms with Crippen LogP contribution in [0, 0.1) is 0 Å². The van der Waals surface area contributed by atoms with Crippen LogP contribution in [0.2, 0.25) is 0 Å². The minimum absolute atomic E-state index is 0.389. The number of rotatable bonds is 8. The minimum atomic E-state index is 0.389. The van der Waals surface area contributed by atoms with E-state index in [1.807, 2.05) is 42.5 Å². The summed E-state index contributed by atoms with van der Waals surface area (Å²) >= 11 is 0. The third-order valence-corrected chi connectivity index (χ3v) is 3.79. The monoisotopic (exact) mass is 340 g/mol. The van der Waals surface area contributed by atoms with Gasteiger partial charge in [0, 0.05) is 24.8 Å². The third kappa shape index (κ3) is 6.83. The highest BCUT2D eigenvalue weighted by molar-refractivity contribution is 5.80. The molecule has 0 radical (unpaired) electrons. The van der Waals surface area contributed by atoms with Gasteiger partial charge in [0.25, 0.3) is 0 Å². The standard InChI is InChI=1S/C20H28N4O/c1-4-16(3)24-20(21-5-2)23-14-18-11-12-22-19(13-18)25-15-17-9-7-6-8-10-17/h6-13,16H,4-5,14-15H2,1-3H3,(H2,21,23,24). The molecule has 0 saturated carbocycles. The van der Waals surface area contributed by atoms with E-state index < -0.39 is 0 Å². The van der Waals surface area contributed by atoms with Gasteiger partial charge in [-0.3, -0.25) is 0 Å². The summed E-state index contributed by atoms with van der Waals surface area (Å²) in [7, 11) is 0. The van der Waals surface area contributed by atoms with Crippen molar-refractivity contribution in [3.63, 3.8) is 0 Å². The highest BCUT2D eigenvalue weighted by atomic mass is 16.5. The highest BCUT2D eigenvalue weighted by Crippen LogP contribution is 2.12. The number of pyridine rings is 1. The number of aliphatic imine (C=N–C) groups is 1. The number of hydrogen-bond donors (Lipinski definition) is 2. The van der Waals surface area contributed by atoms with Gasteiger partial charge in [-0.15, -0.1) is 0 Å². The van der Waals surface area contributed by atoms with E-state index in [-0.39, 0.29) is 0 Å². The number of nitrogens with one attached hydrogen (secondary N) is 2. The predicted molar refractivity (Wildman–Crippen MR) is 103 cm³/mol. The minimum Gasteiger partial charge on any atom is -0.473 e. The zero-order chi connectivity index (χ0) is 17.9. The van der Waals surface area contributed by atoms with E-state index in [0.29, 0.717) is 25.1 Å². The van der Waals surface area contributed by atoms with Crippen LogP contribution >= 0.6 is 0 Å². The largest absolute Gasteiger partial charge is 0.473 e. The van der Waals surface area contributed by atoms with Crippen molar-refractivity contribution in [3.05, 3.63) is 59.8 Å². The fourth-order valence-electron chi connectivity index (χ4n) is 2.19. The molecule has 0 amide bonds. The first-order valence-electron chi connectivity index (χ1n) is 8.87. The van der Waals surface area contributed by atoms with E-state index in [2.05, 4.69) is 41.4 Å². The van der Waals surface area contributed by atoms with Crippen molar-refractivity contribution in [3.8, 4) is 5.88 Å². The van der Waals surface area contributed by atoms with Gasteiger partial charge >= 0.3 is 0 Å². The van der Waals surface area contributed by atoms with Gasteiger partial charge < -0.3 is 15.4 Å². The first-order valence-corrected chi connectivity index (χ1v) is 8.87. The summed E-state index contributed by atoms with van der Waals surface area (Å²) in [6.07, 6.45) is 2.82. The Morgan fingerprint density at radius 2 is 1.96 bits per heavy atom. The number of nitrogens with zero attached hydrogens (tertiary/aromatic N) is 2. The van der Waals surface area contributed by atoms with Gasteiger partial charge in [-0.05, 0) is 37.5 Å². The summed E-state index contributed by atoms with van der Waals surface area (Å²) in [6.45, 7) is 8.30. The molecule has 1 aromatic heterocycles. The van der Waals surface area contributed by atoms with E-state index in [4.69, 9.17) is 4.74 Å². The van der Waals surface area contributed by atoms with Gasteiger partial charge in [-0.25, -0.2) is 9.98 Å². The Morgan fingerprint density at radius 3 is 2.68 bits per heavy atom. The normalized spacial score (nSPS) is 12.5. The van der Waals surface area contributed by atoms with Crippen molar-refractivity contribution in [2.24, 2.45) is 4.99 Å². The summed E-state index contributed by atoms with van der Waals surface area (Å²) < 4.78 is 5.78. The summed E-state index contributed by atoms with van der Waals surface area (Å²) in [5.41, 5.74) is 2.19. The number of guanidine groups is 1. The molecule has 2 N–H and O–H groups in total. The number of ether oxygens (including phenoxy) is 1. The van der Waals surface area contributed by atoms with Crippen LogP contribution in [0.1, 0.15) is 38.3 Å². The zero-order valence-corrected chi connectivity index (χ0v) is 15.3. The van der Waals surface area contributed by atoms with Crippen LogP contribution in [0.5, 0.6) is 5.88 Å². The summed E-state index contributed by atoms with van der Waals surface area (Å²) in [6, 6.07) is 14.4. The first-order chi connectivity index (χ1) is 12.2. The fourth-order valence-corrected chi connectivity index (χ4v) is 2.19. The van der Waals surface area contributed by atoms with Gasteiger partial charge in [-0.1, -0.05) is 37.3 Å². The second kappa shape index (κ2) is 10.3. The van der Waals surface area contributed by atoms with Crippen LogP contribution in [-0.4, -0.2) is 23.5 Å². The lowest BCUT2D eigenvalue weighted by Gasteiger charge is -2.16. The molecule has 1 unspecified atom stereocenters. The van der Waals surface area contributed by atoms with E-state index in [0.717, 1.165) is 30.1 Å². The molecule has 0 saturated heterocycles. The predicted octanol–water partition coefficient (Wildman–Crippen LogP) is 3.51. The lowest BCUT2D eigenvalue weighted by molar-refractivity contribution is 0.293. The van der Waals surface area contributed by atoms with Crippen molar-refractivity contribution in [1.29, 1.82) is 0 Å². The number of hydrogen-bond acceptors (Lipinski definition) is 3. The van der Waals surface area contributed by atoms with Crippen LogP contribution in [0.15, 0.2) is 53.7 Å². The molecule has 0 aliphatic heterocycles. The molecule has 0 fully saturated rings. The van der Waals surface area contributed by atoms with Crippen molar-refractivity contribution < 1.29 is 4.74 Å². The molecule has 1 atom stereocenters. The first kappa shape index (κ1) is 18.8. The average molecular weight is 340 g/mol. The molecule has 0 aliphatic rings. The number of benzene rings is 1. The van der Waals surface area contributed by atoms with E-state index in [9.17, 15) is 0 Å². The Labute approximate surface area is 150 Å². The molecule has 5 nitrogen and oxygen atoms in total. The highest BCUT2D eigenvalue weighted by Gasteiger charge is 2.03. The molecule has 0 bridgehead atoms. The van der Waals surface area contributed by atoms with Gasteiger partial charge in [0.15, 0.2) is 5.96 Å². The second-order valence-corrected chi connectivity index (χ2v) is 5.93. The Bertz CT molecular complexity index is 658. The van der Waals surface area contributed by atoms with Crippen molar-refractivity contribution in [2.75, 3.05) is 6.54 Å². The summed E-state index contributed by atoms with van der Waals surface area (Å²) in [5, 5.41) is 6.66. The SMILES string of the molecule is CCNC(=NCc1ccnc(OCc2ccccc2)c1)NC(C)CC. The molecular weight excluding hydrogens is 312 g/mol. The van der Waals surface area contributed by atoms with Gasteiger partial charge in [0.1, 0.15) is 6.61 Å². The Morgan fingerprint density at radius 1 is 1.16 bits per heavy atom. The Hall–Kier alpha value is -2.56. The zero-order valence-electron chi connectivity index (χ0n) is 15.3. The molecule has 1 heterocycles. The van der Waals surface area contributed by atoms with Crippen LogP contribution in [-0.2, 0) is 13.2 Å². The van der Waals surface area contributed by atoms with Gasteiger partial charge in [0.05, 0.1) is 6.54 Å². The lowest BCUT2D eigenvalue weighted by atomic mass is 10.2. The molecule has 134 valence electrons. The number of aromatic nitrogens is 1. The maximum atomic E-state index is 5.78. The third-order valence-electron chi connectivity index (χ3n) is 3.79. The molecule has 5 heteroatoms. The van der Waals surface area contributed by atoms with Crippen molar-refractivity contribution in [1.82, 2.24) is 15.6 Å². The van der Waals surface area contributed by atoms with Crippen molar-refractivity contribution >= 4 is 5.96 Å². The van der Waals surface area contributed by atoms with E-state index in [1.165, 1.54) is 0 Å². The van der Waals surface area contributed by atoms with Crippen molar-refractivity contribution in [2.45, 2.75) is 46.4 Å².